The van der Waals surface area contributed by atoms with Gasteiger partial charge >= 0.3 is 0 Å². The van der Waals surface area contributed by atoms with Crippen molar-refractivity contribution >= 4 is 0 Å². The fraction of sp³-hybridized carbons (Fsp3) is 0.800. The van der Waals surface area contributed by atoms with Crippen molar-refractivity contribution < 1.29 is 4.52 Å². The summed E-state index contributed by atoms with van der Waals surface area (Å²) in [6.45, 7) is 4.82. The van der Waals surface area contributed by atoms with Gasteiger partial charge in [-0.05, 0) is 33.6 Å². The van der Waals surface area contributed by atoms with E-state index in [2.05, 4.69) is 27.4 Å². The Hall–Kier alpha value is -0.940. The molecule has 1 N–H and O–H groups in total. The van der Waals surface area contributed by atoms with Crippen LogP contribution in [0, 0.1) is 0 Å². The molecule has 0 aliphatic carbocycles. The SMILES string of the molecule is CCc1noc(CN(C)CCCNC)n1. The monoisotopic (exact) mass is 212 g/mol. The Kier molecular flexibility index (Phi) is 5.28. The maximum Gasteiger partial charge on any atom is 0.240 e. The van der Waals surface area contributed by atoms with E-state index in [9.17, 15) is 0 Å². The molecule has 1 aromatic heterocycles. The Morgan fingerprint density at radius 3 is 2.87 bits per heavy atom. The van der Waals surface area contributed by atoms with Crippen molar-refractivity contribution in [2.75, 3.05) is 27.2 Å². The van der Waals surface area contributed by atoms with Crippen molar-refractivity contribution in [3.63, 3.8) is 0 Å². The highest BCUT2D eigenvalue weighted by Gasteiger charge is 2.07. The first-order valence-corrected chi connectivity index (χ1v) is 5.40. The van der Waals surface area contributed by atoms with Crippen LogP contribution in [0.15, 0.2) is 4.52 Å². The van der Waals surface area contributed by atoms with E-state index in [-0.39, 0.29) is 0 Å². The van der Waals surface area contributed by atoms with Gasteiger partial charge in [0.2, 0.25) is 5.89 Å². The maximum absolute atomic E-state index is 5.11. The second-order valence-corrected chi connectivity index (χ2v) is 3.65. The molecule has 5 nitrogen and oxygen atoms in total. The van der Waals surface area contributed by atoms with Gasteiger partial charge in [0.1, 0.15) is 0 Å². The smallest absolute Gasteiger partial charge is 0.240 e. The summed E-state index contributed by atoms with van der Waals surface area (Å²) in [6.07, 6.45) is 1.95. The average molecular weight is 212 g/mol. The topological polar surface area (TPSA) is 54.2 Å². The molecule has 0 atom stereocenters. The molecule has 0 aromatic carbocycles. The summed E-state index contributed by atoms with van der Waals surface area (Å²) < 4.78 is 5.11. The third kappa shape index (κ3) is 4.40. The molecule has 0 unspecified atom stereocenters. The van der Waals surface area contributed by atoms with Crippen LogP contribution in [0.5, 0.6) is 0 Å². The minimum Gasteiger partial charge on any atom is -0.338 e. The van der Waals surface area contributed by atoms with E-state index in [1.807, 2.05) is 14.0 Å². The van der Waals surface area contributed by atoms with E-state index in [1.54, 1.807) is 0 Å². The maximum atomic E-state index is 5.11. The minimum atomic E-state index is 0.707. The van der Waals surface area contributed by atoms with E-state index in [0.29, 0.717) is 5.89 Å². The van der Waals surface area contributed by atoms with Gasteiger partial charge in [-0.2, -0.15) is 4.98 Å². The van der Waals surface area contributed by atoms with E-state index in [1.165, 1.54) is 0 Å². The lowest BCUT2D eigenvalue weighted by Crippen LogP contribution is -2.22. The van der Waals surface area contributed by atoms with Crippen LogP contribution in [0.4, 0.5) is 0 Å². The molecule has 0 saturated heterocycles. The molecular weight excluding hydrogens is 192 g/mol. The van der Waals surface area contributed by atoms with E-state index in [4.69, 9.17) is 4.52 Å². The van der Waals surface area contributed by atoms with Crippen molar-refractivity contribution in [2.24, 2.45) is 0 Å². The first-order chi connectivity index (χ1) is 7.26. The van der Waals surface area contributed by atoms with Gasteiger partial charge in [-0.3, -0.25) is 4.90 Å². The fourth-order valence-electron chi connectivity index (χ4n) is 1.33. The van der Waals surface area contributed by atoms with Crippen LogP contribution in [-0.4, -0.2) is 42.2 Å². The van der Waals surface area contributed by atoms with Gasteiger partial charge in [0.25, 0.3) is 0 Å². The molecule has 0 saturated carbocycles. The van der Waals surface area contributed by atoms with Gasteiger partial charge in [-0.1, -0.05) is 12.1 Å². The van der Waals surface area contributed by atoms with Crippen LogP contribution in [0.2, 0.25) is 0 Å². The zero-order valence-corrected chi connectivity index (χ0v) is 9.79. The molecular formula is C10H20N4O. The molecule has 1 rings (SSSR count). The molecule has 0 spiro atoms. The summed E-state index contributed by atoms with van der Waals surface area (Å²) in [5.41, 5.74) is 0. The number of aromatic nitrogens is 2. The summed E-state index contributed by atoms with van der Waals surface area (Å²) >= 11 is 0. The Bertz CT molecular complexity index is 274. The molecule has 0 aliphatic heterocycles. The highest BCUT2D eigenvalue weighted by atomic mass is 16.5. The largest absolute Gasteiger partial charge is 0.338 e. The van der Waals surface area contributed by atoms with Crippen molar-refractivity contribution in [2.45, 2.75) is 26.3 Å². The standard InChI is InChI=1S/C10H20N4O/c1-4-9-12-10(15-13-9)8-14(3)7-5-6-11-2/h11H,4-8H2,1-3H3. The molecule has 0 bridgehead atoms. The van der Waals surface area contributed by atoms with E-state index >= 15 is 0 Å². The third-order valence-electron chi connectivity index (χ3n) is 2.20. The highest BCUT2D eigenvalue weighted by Crippen LogP contribution is 2.01. The van der Waals surface area contributed by atoms with Crippen LogP contribution in [0.25, 0.3) is 0 Å². The molecule has 0 amide bonds. The fourth-order valence-corrected chi connectivity index (χ4v) is 1.33. The van der Waals surface area contributed by atoms with Crippen molar-refractivity contribution in [1.29, 1.82) is 0 Å². The lowest BCUT2D eigenvalue weighted by molar-refractivity contribution is 0.263. The average Bonchev–Trinajstić information content (AvgIpc) is 2.66. The molecule has 15 heavy (non-hydrogen) atoms. The van der Waals surface area contributed by atoms with Gasteiger partial charge in [0.05, 0.1) is 6.54 Å². The Balaban J connectivity index is 2.27. The van der Waals surface area contributed by atoms with Crippen LogP contribution < -0.4 is 5.32 Å². The van der Waals surface area contributed by atoms with Crippen LogP contribution >= 0.6 is 0 Å². The van der Waals surface area contributed by atoms with Crippen LogP contribution in [0.1, 0.15) is 25.1 Å². The minimum absolute atomic E-state index is 0.707. The van der Waals surface area contributed by atoms with Gasteiger partial charge in [0, 0.05) is 6.42 Å². The summed E-state index contributed by atoms with van der Waals surface area (Å²) in [5.74, 6) is 1.49. The van der Waals surface area contributed by atoms with Gasteiger partial charge < -0.3 is 9.84 Å². The highest BCUT2D eigenvalue weighted by molar-refractivity contribution is 4.85. The van der Waals surface area contributed by atoms with Gasteiger partial charge in [-0.15, -0.1) is 0 Å². The number of hydrogen-bond donors (Lipinski definition) is 1. The quantitative estimate of drug-likeness (QED) is 0.673. The van der Waals surface area contributed by atoms with Crippen molar-refractivity contribution in [3.05, 3.63) is 11.7 Å². The van der Waals surface area contributed by atoms with Gasteiger partial charge in [0.15, 0.2) is 5.82 Å². The number of nitrogens with zero attached hydrogens (tertiary/aromatic N) is 3. The summed E-state index contributed by atoms with van der Waals surface area (Å²) in [5, 5.41) is 6.98. The lowest BCUT2D eigenvalue weighted by Gasteiger charge is -2.13. The van der Waals surface area contributed by atoms with Gasteiger partial charge in [-0.25, -0.2) is 0 Å². The molecule has 0 radical (unpaired) electrons. The van der Waals surface area contributed by atoms with Crippen LogP contribution in [0.3, 0.4) is 0 Å². The molecule has 5 heteroatoms. The Labute approximate surface area is 90.8 Å². The second kappa shape index (κ2) is 6.53. The third-order valence-corrected chi connectivity index (χ3v) is 2.20. The second-order valence-electron chi connectivity index (χ2n) is 3.65. The molecule has 1 heterocycles. The summed E-state index contributed by atoms with van der Waals surface area (Å²) in [4.78, 5) is 6.45. The Morgan fingerprint density at radius 2 is 2.27 bits per heavy atom. The number of hydrogen-bond acceptors (Lipinski definition) is 5. The zero-order chi connectivity index (χ0) is 11.1. The molecule has 1 aromatic rings. The normalized spacial score (nSPS) is 11.2. The lowest BCUT2D eigenvalue weighted by atomic mass is 10.4. The summed E-state index contributed by atoms with van der Waals surface area (Å²) in [7, 11) is 4.02. The van der Waals surface area contributed by atoms with Crippen molar-refractivity contribution in [3.8, 4) is 0 Å². The van der Waals surface area contributed by atoms with Crippen molar-refractivity contribution in [1.82, 2.24) is 20.4 Å². The zero-order valence-electron chi connectivity index (χ0n) is 9.79. The van der Waals surface area contributed by atoms with E-state index < -0.39 is 0 Å². The number of rotatable bonds is 7. The molecule has 86 valence electrons. The molecule has 0 aliphatic rings. The molecule has 0 fully saturated rings. The summed E-state index contributed by atoms with van der Waals surface area (Å²) in [6, 6.07) is 0. The first kappa shape index (κ1) is 12.1. The predicted octanol–water partition coefficient (Wildman–Crippen LogP) is 0.673. The predicted molar refractivity (Wildman–Crippen MR) is 58.6 cm³/mol. The Morgan fingerprint density at radius 1 is 1.47 bits per heavy atom. The van der Waals surface area contributed by atoms with E-state index in [0.717, 1.165) is 38.3 Å². The first-order valence-electron chi connectivity index (χ1n) is 5.40. The van der Waals surface area contributed by atoms with Crippen LogP contribution in [-0.2, 0) is 13.0 Å². The number of aryl methyl sites for hydroxylation is 1. The number of nitrogens with one attached hydrogen (secondary N) is 1.